The van der Waals surface area contributed by atoms with Crippen LogP contribution in [0.3, 0.4) is 0 Å². The minimum absolute atomic E-state index is 0.127. The third kappa shape index (κ3) is 4.97. The maximum atomic E-state index is 11.1. The number of carbonyl (C=O) groups excluding carboxylic acids is 2. The zero-order chi connectivity index (χ0) is 13.4. The average molecular weight is 251 g/mol. The van der Waals surface area contributed by atoms with Crippen LogP contribution in [0.5, 0.6) is 5.75 Å². The molecular weight excluding hydrogens is 234 g/mol. The van der Waals surface area contributed by atoms with E-state index in [1.165, 1.54) is 6.92 Å². The highest BCUT2D eigenvalue weighted by Crippen LogP contribution is 2.17. The molecule has 5 heteroatoms. The molecule has 0 aliphatic rings. The highest BCUT2D eigenvalue weighted by molar-refractivity contribution is 5.71. The maximum Gasteiger partial charge on any atom is 0.319 e. The van der Waals surface area contributed by atoms with Gasteiger partial charge in [-0.25, -0.2) is 0 Å². The van der Waals surface area contributed by atoms with Crippen molar-refractivity contribution in [2.75, 3.05) is 13.2 Å². The first-order valence-electron chi connectivity index (χ1n) is 5.76. The Hall–Kier alpha value is -1.88. The van der Waals surface area contributed by atoms with E-state index in [4.69, 9.17) is 9.47 Å². The van der Waals surface area contributed by atoms with Gasteiger partial charge in [0.2, 0.25) is 0 Å². The predicted molar refractivity (Wildman–Crippen MR) is 66.1 cm³/mol. The summed E-state index contributed by atoms with van der Waals surface area (Å²) in [5, 5.41) is 2.93. The molecule has 0 aliphatic heterocycles. The smallest absolute Gasteiger partial charge is 0.319 e. The molecule has 0 radical (unpaired) electrons. The summed E-state index contributed by atoms with van der Waals surface area (Å²) in [5.41, 5.74) is 0.817. The Labute approximate surface area is 106 Å². The molecular formula is C13H17NO4. The van der Waals surface area contributed by atoms with Crippen LogP contribution in [0.4, 0.5) is 0 Å². The average Bonchev–Trinajstić information content (AvgIpc) is 2.31. The van der Waals surface area contributed by atoms with Crippen molar-refractivity contribution in [1.82, 2.24) is 5.32 Å². The van der Waals surface area contributed by atoms with Crippen molar-refractivity contribution in [1.29, 1.82) is 0 Å². The first kappa shape index (κ1) is 14.2. The van der Waals surface area contributed by atoms with Crippen molar-refractivity contribution in [2.24, 2.45) is 0 Å². The van der Waals surface area contributed by atoms with Gasteiger partial charge in [-0.15, -0.1) is 0 Å². The topological polar surface area (TPSA) is 64.6 Å². The molecule has 1 rings (SSSR count). The van der Waals surface area contributed by atoms with Crippen LogP contribution in [0.1, 0.15) is 19.4 Å². The molecule has 0 spiro atoms. The van der Waals surface area contributed by atoms with Crippen LogP contribution >= 0.6 is 0 Å². The van der Waals surface area contributed by atoms with Crippen molar-refractivity contribution >= 4 is 11.9 Å². The van der Waals surface area contributed by atoms with Crippen LogP contribution in [0, 0.1) is 0 Å². The predicted octanol–water partition coefficient (Wildman–Crippen LogP) is 1.26. The summed E-state index contributed by atoms with van der Waals surface area (Å²) < 4.78 is 9.84. The van der Waals surface area contributed by atoms with Crippen molar-refractivity contribution in [3.05, 3.63) is 29.8 Å². The van der Waals surface area contributed by atoms with Crippen LogP contribution < -0.4 is 10.1 Å². The highest BCUT2D eigenvalue weighted by Gasteiger charge is 2.06. The monoisotopic (exact) mass is 251 g/mol. The fourth-order valence-corrected chi connectivity index (χ4v) is 1.42. The SMILES string of the molecule is CCOC(=O)CNCc1ccccc1OC(C)=O. The van der Waals surface area contributed by atoms with E-state index in [-0.39, 0.29) is 18.5 Å². The Morgan fingerprint density at radius 1 is 1.28 bits per heavy atom. The Bertz CT molecular complexity index is 417. The highest BCUT2D eigenvalue weighted by atomic mass is 16.5. The molecule has 0 amide bonds. The molecule has 1 aromatic carbocycles. The molecule has 5 nitrogen and oxygen atoms in total. The molecule has 0 atom stereocenters. The van der Waals surface area contributed by atoms with E-state index in [0.717, 1.165) is 5.56 Å². The largest absolute Gasteiger partial charge is 0.465 e. The maximum absolute atomic E-state index is 11.1. The molecule has 0 fully saturated rings. The lowest BCUT2D eigenvalue weighted by Gasteiger charge is -2.09. The molecule has 0 aromatic heterocycles. The van der Waals surface area contributed by atoms with Gasteiger partial charge in [0.25, 0.3) is 0 Å². The van der Waals surface area contributed by atoms with Crippen LogP contribution in [0.2, 0.25) is 0 Å². The van der Waals surface area contributed by atoms with E-state index in [1.54, 1.807) is 19.1 Å². The summed E-state index contributed by atoms with van der Waals surface area (Å²) in [6.07, 6.45) is 0. The standard InChI is InChI=1S/C13H17NO4/c1-3-17-13(16)9-14-8-11-6-4-5-7-12(11)18-10(2)15/h4-7,14H,3,8-9H2,1-2H3. The van der Waals surface area contributed by atoms with Gasteiger partial charge in [-0.2, -0.15) is 0 Å². The molecule has 0 heterocycles. The summed E-state index contributed by atoms with van der Waals surface area (Å²) in [6, 6.07) is 7.17. The second-order valence-electron chi connectivity index (χ2n) is 3.61. The Morgan fingerprint density at radius 3 is 2.67 bits per heavy atom. The Kier molecular flexibility index (Phi) is 5.87. The number of para-hydroxylation sites is 1. The summed E-state index contributed by atoms with van der Waals surface area (Å²) >= 11 is 0. The van der Waals surface area contributed by atoms with E-state index in [0.29, 0.717) is 18.9 Å². The van der Waals surface area contributed by atoms with Crippen LogP contribution in [0.15, 0.2) is 24.3 Å². The number of ether oxygens (including phenoxy) is 2. The zero-order valence-corrected chi connectivity index (χ0v) is 10.6. The van der Waals surface area contributed by atoms with Gasteiger partial charge in [0.05, 0.1) is 13.2 Å². The number of benzene rings is 1. The van der Waals surface area contributed by atoms with Crippen LogP contribution in [-0.4, -0.2) is 25.1 Å². The second kappa shape index (κ2) is 7.45. The molecule has 18 heavy (non-hydrogen) atoms. The number of esters is 2. The van der Waals surface area contributed by atoms with Gasteiger partial charge in [0, 0.05) is 19.0 Å². The fourth-order valence-electron chi connectivity index (χ4n) is 1.42. The second-order valence-corrected chi connectivity index (χ2v) is 3.61. The number of hydrogen-bond donors (Lipinski definition) is 1. The van der Waals surface area contributed by atoms with Crippen molar-refractivity contribution < 1.29 is 19.1 Å². The summed E-state index contributed by atoms with van der Waals surface area (Å²) in [5.74, 6) is -0.170. The van der Waals surface area contributed by atoms with Crippen molar-refractivity contribution in [2.45, 2.75) is 20.4 Å². The number of rotatable bonds is 6. The Balaban J connectivity index is 2.51. The van der Waals surface area contributed by atoms with Crippen LogP contribution in [-0.2, 0) is 20.9 Å². The first-order valence-corrected chi connectivity index (χ1v) is 5.76. The molecule has 0 bridgehead atoms. The quantitative estimate of drug-likeness (QED) is 0.609. The van der Waals surface area contributed by atoms with E-state index in [1.807, 2.05) is 12.1 Å². The third-order valence-corrected chi connectivity index (χ3v) is 2.12. The van der Waals surface area contributed by atoms with Gasteiger partial charge in [-0.1, -0.05) is 18.2 Å². The van der Waals surface area contributed by atoms with Gasteiger partial charge in [0.1, 0.15) is 5.75 Å². The molecule has 98 valence electrons. The number of nitrogens with one attached hydrogen (secondary N) is 1. The van der Waals surface area contributed by atoms with E-state index < -0.39 is 0 Å². The Morgan fingerprint density at radius 2 is 2.00 bits per heavy atom. The van der Waals surface area contributed by atoms with Crippen LogP contribution in [0.25, 0.3) is 0 Å². The lowest BCUT2D eigenvalue weighted by atomic mass is 10.2. The van der Waals surface area contributed by atoms with Gasteiger partial charge in [-0.3, -0.25) is 9.59 Å². The molecule has 1 aromatic rings. The van der Waals surface area contributed by atoms with Gasteiger partial charge >= 0.3 is 11.9 Å². The lowest BCUT2D eigenvalue weighted by Crippen LogP contribution is -2.24. The van der Waals surface area contributed by atoms with E-state index in [9.17, 15) is 9.59 Å². The first-order chi connectivity index (χ1) is 8.63. The zero-order valence-electron chi connectivity index (χ0n) is 10.6. The molecule has 0 aliphatic carbocycles. The minimum atomic E-state index is -0.368. The molecule has 0 unspecified atom stereocenters. The summed E-state index contributed by atoms with van der Waals surface area (Å²) in [7, 11) is 0. The fraction of sp³-hybridized carbons (Fsp3) is 0.385. The number of carbonyl (C=O) groups is 2. The van der Waals surface area contributed by atoms with Crippen molar-refractivity contribution in [3.8, 4) is 5.75 Å². The molecule has 1 N–H and O–H groups in total. The summed E-state index contributed by atoms with van der Waals surface area (Å²) in [6.45, 7) is 4.03. The number of hydrogen-bond acceptors (Lipinski definition) is 5. The third-order valence-electron chi connectivity index (χ3n) is 2.12. The minimum Gasteiger partial charge on any atom is -0.465 e. The van der Waals surface area contributed by atoms with E-state index >= 15 is 0 Å². The van der Waals surface area contributed by atoms with Crippen molar-refractivity contribution in [3.63, 3.8) is 0 Å². The molecule has 0 saturated carbocycles. The van der Waals surface area contributed by atoms with Gasteiger partial charge in [-0.05, 0) is 13.0 Å². The molecule has 0 saturated heterocycles. The van der Waals surface area contributed by atoms with Gasteiger partial charge in [0.15, 0.2) is 0 Å². The normalized spacial score (nSPS) is 9.89. The lowest BCUT2D eigenvalue weighted by molar-refractivity contribution is -0.142. The summed E-state index contributed by atoms with van der Waals surface area (Å²) in [4.78, 5) is 22.0. The van der Waals surface area contributed by atoms with Gasteiger partial charge < -0.3 is 14.8 Å². The van der Waals surface area contributed by atoms with E-state index in [2.05, 4.69) is 5.32 Å².